The first-order chi connectivity index (χ1) is 20.4. The summed E-state index contributed by atoms with van der Waals surface area (Å²) in [5, 5.41) is 3.53. The summed E-state index contributed by atoms with van der Waals surface area (Å²) in [5.74, 6) is 0.899. The molecule has 4 aromatic rings. The maximum atomic E-state index is 13.4. The van der Waals surface area contributed by atoms with Crippen LogP contribution >= 0.6 is 0 Å². The van der Waals surface area contributed by atoms with Crippen molar-refractivity contribution >= 4 is 23.0 Å². The van der Waals surface area contributed by atoms with Gasteiger partial charge in [-0.3, -0.25) is 0 Å². The third-order valence-corrected chi connectivity index (χ3v) is 8.28. The molecule has 0 saturated heterocycles. The van der Waals surface area contributed by atoms with E-state index in [0.29, 0.717) is 17.1 Å². The van der Waals surface area contributed by atoms with E-state index in [1.165, 1.54) is 0 Å². The highest BCUT2D eigenvalue weighted by Crippen LogP contribution is 2.57. The van der Waals surface area contributed by atoms with E-state index in [4.69, 9.17) is 20.9 Å². The molecule has 3 unspecified atom stereocenters. The van der Waals surface area contributed by atoms with E-state index in [9.17, 15) is 4.79 Å². The number of nitrogens with two attached hydrogens (primary N) is 2. The molecule has 0 aromatic heterocycles. The maximum Gasteiger partial charge on any atom is 0.340 e. The van der Waals surface area contributed by atoms with Gasteiger partial charge in [0.25, 0.3) is 0 Å². The molecule has 7 nitrogen and oxygen atoms in total. The van der Waals surface area contributed by atoms with Crippen molar-refractivity contribution in [2.45, 2.75) is 64.4 Å². The van der Waals surface area contributed by atoms with Crippen molar-refractivity contribution < 1.29 is 14.3 Å². The minimum atomic E-state index is -1.17. The van der Waals surface area contributed by atoms with Gasteiger partial charge in [0.05, 0.1) is 17.9 Å². The lowest BCUT2D eigenvalue weighted by molar-refractivity contribution is 0.0224. The van der Waals surface area contributed by atoms with Crippen LogP contribution in [-0.4, -0.2) is 18.3 Å². The van der Waals surface area contributed by atoms with Crippen LogP contribution in [0.25, 0.3) is 0 Å². The number of para-hydroxylation sites is 1. The zero-order valence-corrected chi connectivity index (χ0v) is 24.4. The average Bonchev–Trinajstić information content (AvgIpc) is 3.27. The van der Waals surface area contributed by atoms with Gasteiger partial charge in [-0.15, -0.1) is 0 Å². The zero-order valence-electron chi connectivity index (χ0n) is 24.4. The van der Waals surface area contributed by atoms with Gasteiger partial charge in [-0.1, -0.05) is 63.1 Å². The van der Waals surface area contributed by atoms with E-state index in [1.807, 2.05) is 91.9 Å². The fourth-order valence-electron chi connectivity index (χ4n) is 6.28. The molecular formula is C35H38N4O3. The lowest BCUT2D eigenvalue weighted by Gasteiger charge is -2.39. The first-order valence-corrected chi connectivity index (χ1v) is 14.8. The van der Waals surface area contributed by atoms with Crippen LogP contribution in [0.4, 0.5) is 17.1 Å². The highest BCUT2D eigenvalue weighted by molar-refractivity contribution is 5.97. The molecule has 1 spiro atoms. The summed E-state index contributed by atoms with van der Waals surface area (Å²) < 4.78 is 13.1. The highest BCUT2D eigenvalue weighted by Gasteiger charge is 2.53. The Hall–Kier alpha value is -4.33. The van der Waals surface area contributed by atoms with E-state index in [-0.39, 0.29) is 18.3 Å². The molecule has 0 bridgehead atoms. The third-order valence-electron chi connectivity index (χ3n) is 8.28. The summed E-state index contributed by atoms with van der Waals surface area (Å²) >= 11 is 0. The number of fused-ring (bicyclic) bond motifs is 6. The second-order valence-corrected chi connectivity index (χ2v) is 11.2. The number of nitrogens with zero attached hydrogens (tertiary/aromatic N) is 1. The third kappa shape index (κ3) is 4.59. The number of carbonyl (C=O) groups excluding carboxylic acids is 1. The molecule has 0 radical (unpaired) electrons. The number of benzene rings is 4. The van der Waals surface area contributed by atoms with Crippen molar-refractivity contribution in [1.82, 2.24) is 0 Å². The predicted molar refractivity (Wildman–Crippen MR) is 167 cm³/mol. The Morgan fingerprint density at radius 3 is 2.19 bits per heavy atom. The Kier molecular flexibility index (Phi) is 7.39. The van der Waals surface area contributed by atoms with Crippen LogP contribution in [0.1, 0.15) is 72.1 Å². The Bertz CT molecular complexity index is 1610. The SMILES string of the molecule is CCCC(N)N(c1ccc2c(c1)Oc1cc(C)c(Nc3ccccc3)cc1C21OC(=O)c2ccccc21)C(N)CCC. The topological polar surface area (TPSA) is 103 Å². The lowest BCUT2D eigenvalue weighted by Crippen LogP contribution is -2.52. The van der Waals surface area contributed by atoms with E-state index < -0.39 is 5.60 Å². The van der Waals surface area contributed by atoms with Crippen LogP contribution < -0.4 is 26.4 Å². The summed E-state index contributed by atoms with van der Waals surface area (Å²) in [4.78, 5) is 15.5. The second kappa shape index (κ2) is 11.2. The molecule has 216 valence electrons. The first-order valence-electron chi connectivity index (χ1n) is 14.8. The van der Waals surface area contributed by atoms with Crippen molar-refractivity contribution in [2.24, 2.45) is 11.5 Å². The first kappa shape index (κ1) is 27.8. The standard InChI is InChI=1S/C35H38N4O3/c1-4-11-32(36)39(33(37)12-5-2)24-17-18-27-31(20-24)41-30-19-22(3)29(38-23-13-7-6-8-14-23)21-28(30)35(27)26-16-10-9-15-25(26)34(40)42-35/h6-10,13-21,32-33,38H,4-5,11-12,36-37H2,1-3H3. The lowest BCUT2D eigenvalue weighted by atomic mass is 9.77. The number of ether oxygens (including phenoxy) is 2. The zero-order chi connectivity index (χ0) is 29.4. The van der Waals surface area contributed by atoms with Crippen molar-refractivity contribution in [1.29, 1.82) is 0 Å². The van der Waals surface area contributed by atoms with E-state index in [1.54, 1.807) is 0 Å². The van der Waals surface area contributed by atoms with E-state index in [2.05, 4.69) is 24.1 Å². The monoisotopic (exact) mass is 562 g/mol. The van der Waals surface area contributed by atoms with Gasteiger partial charge in [-0.2, -0.15) is 0 Å². The number of anilines is 3. The Morgan fingerprint density at radius 1 is 0.810 bits per heavy atom. The van der Waals surface area contributed by atoms with Crippen molar-refractivity contribution in [3.05, 3.63) is 113 Å². The number of nitrogens with one attached hydrogen (secondary N) is 1. The molecule has 42 heavy (non-hydrogen) atoms. The highest BCUT2D eigenvalue weighted by atomic mass is 16.6. The summed E-state index contributed by atoms with van der Waals surface area (Å²) in [7, 11) is 0. The fourth-order valence-corrected chi connectivity index (χ4v) is 6.28. The Morgan fingerprint density at radius 2 is 1.48 bits per heavy atom. The van der Waals surface area contributed by atoms with Crippen LogP contribution in [0.2, 0.25) is 0 Å². The molecule has 0 saturated carbocycles. The molecule has 7 heteroatoms. The summed E-state index contributed by atoms with van der Waals surface area (Å²) in [6.45, 7) is 6.28. The van der Waals surface area contributed by atoms with Crippen molar-refractivity contribution in [3.63, 3.8) is 0 Å². The normalized spacial score (nSPS) is 17.9. The average molecular weight is 563 g/mol. The van der Waals surface area contributed by atoms with Gasteiger partial charge in [0.15, 0.2) is 5.60 Å². The molecule has 0 fully saturated rings. The molecule has 2 aliphatic rings. The van der Waals surface area contributed by atoms with Crippen LogP contribution in [0.5, 0.6) is 11.5 Å². The molecule has 4 aromatic carbocycles. The number of hydrogen-bond donors (Lipinski definition) is 3. The molecule has 2 heterocycles. The van der Waals surface area contributed by atoms with Crippen molar-refractivity contribution in [2.75, 3.05) is 10.2 Å². The largest absolute Gasteiger partial charge is 0.456 e. The van der Waals surface area contributed by atoms with Crippen LogP contribution in [0, 0.1) is 6.92 Å². The number of carbonyl (C=O) groups is 1. The van der Waals surface area contributed by atoms with Gasteiger partial charge < -0.3 is 31.2 Å². The van der Waals surface area contributed by atoms with Crippen LogP contribution in [-0.2, 0) is 10.3 Å². The molecule has 2 aliphatic heterocycles. The minimum absolute atomic E-state index is 0.238. The van der Waals surface area contributed by atoms with Gasteiger partial charge in [0.2, 0.25) is 0 Å². The van der Waals surface area contributed by atoms with Crippen LogP contribution in [0.3, 0.4) is 0 Å². The van der Waals surface area contributed by atoms with E-state index in [0.717, 1.165) is 65.0 Å². The van der Waals surface area contributed by atoms with Gasteiger partial charge in [-0.05, 0) is 67.8 Å². The number of hydrogen-bond acceptors (Lipinski definition) is 7. The Balaban J connectivity index is 1.53. The minimum Gasteiger partial charge on any atom is -0.456 e. The molecule has 5 N–H and O–H groups in total. The number of rotatable bonds is 9. The summed E-state index contributed by atoms with van der Waals surface area (Å²) in [6, 6.07) is 27.7. The molecule has 6 rings (SSSR count). The molecular weight excluding hydrogens is 524 g/mol. The number of aryl methyl sites for hydroxylation is 1. The van der Waals surface area contributed by atoms with Crippen LogP contribution in [0.15, 0.2) is 84.9 Å². The molecule has 3 atom stereocenters. The second-order valence-electron chi connectivity index (χ2n) is 11.2. The molecule has 0 aliphatic carbocycles. The van der Waals surface area contributed by atoms with Gasteiger partial charge in [0.1, 0.15) is 11.5 Å². The molecule has 0 amide bonds. The van der Waals surface area contributed by atoms with Gasteiger partial charge in [0, 0.05) is 39.8 Å². The summed E-state index contributed by atoms with van der Waals surface area (Å²) in [5.41, 5.74) is 18.8. The smallest absolute Gasteiger partial charge is 0.340 e. The Labute approximate surface area is 247 Å². The fraction of sp³-hybridized carbons (Fsp3) is 0.286. The quantitative estimate of drug-likeness (QED) is 0.145. The summed E-state index contributed by atoms with van der Waals surface area (Å²) in [6.07, 6.45) is 3.03. The van der Waals surface area contributed by atoms with Gasteiger partial charge in [-0.25, -0.2) is 4.79 Å². The predicted octanol–water partition coefficient (Wildman–Crippen LogP) is 7.28. The van der Waals surface area contributed by atoms with E-state index >= 15 is 0 Å². The van der Waals surface area contributed by atoms with Gasteiger partial charge >= 0.3 is 5.97 Å². The number of esters is 1. The van der Waals surface area contributed by atoms with Crippen molar-refractivity contribution in [3.8, 4) is 11.5 Å². The maximum absolute atomic E-state index is 13.4.